The predicted octanol–water partition coefficient (Wildman–Crippen LogP) is 3.52. The van der Waals surface area contributed by atoms with Crippen molar-refractivity contribution in [2.75, 3.05) is 5.75 Å². The van der Waals surface area contributed by atoms with Crippen LogP contribution in [0.4, 0.5) is 0 Å². The fraction of sp³-hybridized carbons (Fsp3) is 0.250. The van der Waals surface area contributed by atoms with Gasteiger partial charge in [0.25, 0.3) is 0 Å². The van der Waals surface area contributed by atoms with Gasteiger partial charge in [0.2, 0.25) is 0 Å². The van der Waals surface area contributed by atoms with Crippen LogP contribution in [0.25, 0.3) is 0 Å². The summed E-state index contributed by atoms with van der Waals surface area (Å²) >= 11 is 13.6. The Bertz CT molecular complexity index is 505. The van der Waals surface area contributed by atoms with Crippen molar-refractivity contribution in [2.24, 2.45) is 12.8 Å². The van der Waals surface area contributed by atoms with Gasteiger partial charge in [-0.3, -0.25) is 4.68 Å². The van der Waals surface area contributed by atoms with Crippen molar-refractivity contribution in [3.05, 3.63) is 46.2 Å². The van der Waals surface area contributed by atoms with Crippen molar-refractivity contribution in [3.8, 4) is 0 Å². The number of benzene rings is 1. The SMILES string of the molecule is Cn1ncc(Cl)c1C(N)CSc1ccc(Cl)cc1. The monoisotopic (exact) mass is 301 g/mol. The molecule has 0 aliphatic heterocycles. The third-order valence-electron chi connectivity index (χ3n) is 2.53. The molecule has 0 spiro atoms. The number of hydrogen-bond donors (Lipinski definition) is 1. The Morgan fingerprint density at radius 2 is 2.00 bits per heavy atom. The summed E-state index contributed by atoms with van der Waals surface area (Å²) in [6.07, 6.45) is 1.61. The molecule has 1 atom stereocenters. The van der Waals surface area contributed by atoms with Crippen molar-refractivity contribution in [2.45, 2.75) is 10.9 Å². The van der Waals surface area contributed by atoms with E-state index in [1.165, 1.54) is 0 Å². The predicted molar refractivity (Wildman–Crippen MR) is 77.3 cm³/mol. The van der Waals surface area contributed by atoms with Crippen LogP contribution in [-0.2, 0) is 7.05 Å². The fourth-order valence-electron chi connectivity index (χ4n) is 1.63. The molecule has 2 N–H and O–H groups in total. The van der Waals surface area contributed by atoms with Gasteiger partial charge in [0, 0.05) is 22.7 Å². The molecule has 0 saturated heterocycles. The van der Waals surface area contributed by atoms with E-state index in [1.54, 1.807) is 22.6 Å². The van der Waals surface area contributed by atoms with E-state index in [0.29, 0.717) is 5.02 Å². The third-order valence-corrected chi connectivity index (χ3v) is 4.21. The number of hydrogen-bond acceptors (Lipinski definition) is 3. The van der Waals surface area contributed by atoms with E-state index in [9.17, 15) is 0 Å². The lowest BCUT2D eigenvalue weighted by molar-refractivity contribution is 0.659. The molecule has 0 aliphatic rings. The minimum absolute atomic E-state index is 0.148. The summed E-state index contributed by atoms with van der Waals surface area (Å²) in [7, 11) is 1.84. The molecule has 0 saturated carbocycles. The Hall–Kier alpha value is -0.680. The molecule has 0 radical (unpaired) electrons. The number of nitrogens with two attached hydrogens (primary N) is 1. The van der Waals surface area contributed by atoms with Crippen molar-refractivity contribution < 1.29 is 0 Å². The van der Waals surface area contributed by atoms with Crippen molar-refractivity contribution in [1.29, 1.82) is 0 Å². The van der Waals surface area contributed by atoms with E-state index in [1.807, 2.05) is 31.3 Å². The Balaban J connectivity index is 2.00. The summed E-state index contributed by atoms with van der Waals surface area (Å²) in [5, 5.41) is 5.43. The van der Waals surface area contributed by atoms with Crippen molar-refractivity contribution in [1.82, 2.24) is 9.78 Å². The van der Waals surface area contributed by atoms with Gasteiger partial charge in [-0.25, -0.2) is 0 Å². The highest BCUT2D eigenvalue weighted by molar-refractivity contribution is 7.99. The maximum Gasteiger partial charge on any atom is 0.0834 e. The molecule has 6 heteroatoms. The number of aromatic nitrogens is 2. The lowest BCUT2D eigenvalue weighted by atomic mass is 10.2. The molecule has 1 aromatic heterocycles. The molecule has 2 rings (SSSR count). The number of thioether (sulfide) groups is 1. The first-order valence-electron chi connectivity index (χ1n) is 5.39. The normalized spacial score (nSPS) is 12.7. The quantitative estimate of drug-likeness (QED) is 0.879. The molecule has 0 fully saturated rings. The van der Waals surface area contributed by atoms with Crippen LogP contribution in [0.3, 0.4) is 0 Å². The van der Waals surface area contributed by atoms with Crippen LogP contribution in [0, 0.1) is 0 Å². The summed E-state index contributed by atoms with van der Waals surface area (Å²) < 4.78 is 1.72. The highest BCUT2D eigenvalue weighted by atomic mass is 35.5. The molecular formula is C12H13Cl2N3S. The zero-order chi connectivity index (χ0) is 13.1. The van der Waals surface area contributed by atoms with E-state index in [4.69, 9.17) is 28.9 Å². The van der Waals surface area contributed by atoms with E-state index in [2.05, 4.69) is 5.10 Å². The molecule has 18 heavy (non-hydrogen) atoms. The van der Waals surface area contributed by atoms with Crippen LogP contribution in [0.1, 0.15) is 11.7 Å². The van der Waals surface area contributed by atoms with E-state index in [0.717, 1.165) is 21.4 Å². The van der Waals surface area contributed by atoms with Gasteiger partial charge >= 0.3 is 0 Å². The number of aryl methyl sites for hydroxylation is 1. The van der Waals surface area contributed by atoms with Crippen LogP contribution < -0.4 is 5.73 Å². The molecule has 96 valence electrons. The summed E-state index contributed by atoms with van der Waals surface area (Å²) in [5.41, 5.74) is 6.99. The van der Waals surface area contributed by atoms with Crippen LogP contribution >= 0.6 is 35.0 Å². The first kappa shape index (κ1) is 13.7. The van der Waals surface area contributed by atoms with E-state index >= 15 is 0 Å². The van der Waals surface area contributed by atoms with Gasteiger partial charge in [0.05, 0.1) is 23.0 Å². The van der Waals surface area contributed by atoms with E-state index < -0.39 is 0 Å². The second-order valence-corrected chi connectivity index (χ2v) is 5.81. The van der Waals surface area contributed by atoms with Crippen LogP contribution in [0.15, 0.2) is 35.4 Å². The topological polar surface area (TPSA) is 43.8 Å². The highest BCUT2D eigenvalue weighted by Gasteiger charge is 2.15. The Morgan fingerprint density at radius 3 is 2.56 bits per heavy atom. The van der Waals surface area contributed by atoms with Crippen LogP contribution in [0.5, 0.6) is 0 Å². The average Bonchev–Trinajstić information content (AvgIpc) is 2.68. The minimum atomic E-state index is -0.148. The first-order chi connectivity index (χ1) is 8.58. The summed E-state index contributed by atoms with van der Waals surface area (Å²) in [4.78, 5) is 1.13. The van der Waals surface area contributed by atoms with Crippen LogP contribution in [0.2, 0.25) is 10.0 Å². The fourth-order valence-corrected chi connectivity index (χ4v) is 2.92. The molecule has 1 heterocycles. The van der Waals surface area contributed by atoms with Crippen molar-refractivity contribution in [3.63, 3.8) is 0 Å². The largest absolute Gasteiger partial charge is 0.322 e. The van der Waals surface area contributed by atoms with Gasteiger partial charge in [-0.15, -0.1) is 11.8 Å². The van der Waals surface area contributed by atoms with Gasteiger partial charge in [-0.1, -0.05) is 23.2 Å². The minimum Gasteiger partial charge on any atom is -0.322 e. The van der Waals surface area contributed by atoms with E-state index in [-0.39, 0.29) is 6.04 Å². The van der Waals surface area contributed by atoms with Gasteiger partial charge in [-0.05, 0) is 24.3 Å². The van der Waals surface area contributed by atoms with Gasteiger partial charge in [0.15, 0.2) is 0 Å². The second-order valence-electron chi connectivity index (χ2n) is 3.87. The molecule has 1 aromatic carbocycles. The number of halogens is 2. The number of nitrogens with zero attached hydrogens (tertiary/aromatic N) is 2. The highest BCUT2D eigenvalue weighted by Crippen LogP contribution is 2.27. The zero-order valence-electron chi connectivity index (χ0n) is 9.81. The second kappa shape index (κ2) is 5.97. The maximum absolute atomic E-state index is 6.13. The lowest BCUT2D eigenvalue weighted by Gasteiger charge is -2.12. The Morgan fingerprint density at radius 1 is 1.33 bits per heavy atom. The molecule has 3 nitrogen and oxygen atoms in total. The van der Waals surface area contributed by atoms with Crippen molar-refractivity contribution >= 4 is 35.0 Å². The van der Waals surface area contributed by atoms with Gasteiger partial charge in [-0.2, -0.15) is 5.10 Å². The zero-order valence-corrected chi connectivity index (χ0v) is 12.1. The molecule has 0 aliphatic carbocycles. The van der Waals surface area contributed by atoms with Gasteiger partial charge < -0.3 is 5.73 Å². The molecule has 0 amide bonds. The summed E-state index contributed by atoms with van der Waals surface area (Å²) in [5.74, 6) is 0.737. The molecule has 1 unspecified atom stereocenters. The first-order valence-corrected chi connectivity index (χ1v) is 7.13. The van der Waals surface area contributed by atoms with Gasteiger partial charge in [0.1, 0.15) is 0 Å². The van der Waals surface area contributed by atoms with Crippen LogP contribution in [-0.4, -0.2) is 15.5 Å². The third kappa shape index (κ3) is 3.20. The number of rotatable bonds is 4. The average molecular weight is 302 g/mol. The molecular weight excluding hydrogens is 289 g/mol. The molecule has 2 aromatic rings. The molecule has 0 bridgehead atoms. The standard InChI is InChI=1S/C12H13Cl2N3S/c1-17-12(10(14)6-16-17)11(15)7-18-9-4-2-8(13)3-5-9/h2-6,11H,7,15H2,1H3. The lowest BCUT2D eigenvalue weighted by Crippen LogP contribution is -2.17. The Kier molecular flexibility index (Phi) is 4.56. The Labute approximate surface area is 120 Å². The summed E-state index contributed by atoms with van der Waals surface area (Å²) in [6.45, 7) is 0. The summed E-state index contributed by atoms with van der Waals surface area (Å²) in [6, 6.07) is 7.54. The smallest absolute Gasteiger partial charge is 0.0834 e. The maximum atomic E-state index is 6.13.